The van der Waals surface area contributed by atoms with Gasteiger partial charge in [-0.2, -0.15) is 5.26 Å². The van der Waals surface area contributed by atoms with Crippen LogP contribution in [-0.2, 0) is 0 Å². The summed E-state index contributed by atoms with van der Waals surface area (Å²) in [5, 5.41) is 12.1. The molecule has 5 rings (SSSR count). The zero-order chi connectivity index (χ0) is 20.7. The van der Waals surface area contributed by atoms with Gasteiger partial charge in [-0.3, -0.25) is 0 Å². The highest BCUT2D eigenvalue weighted by atomic mass is 16.7. The molecule has 148 valence electrons. The Kier molecular flexibility index (Phi) is 4.29. The summed E-state index contributed by atoms with van der Waals surface area (Å²) >= 11 is 0. The molecule has 0 bridgehead atoms. The van der Waals surface area contributed by atoms with Crippen LogP contribution >= 0.6 is 0 Å². The van der Waals surface area contributed by atoms with E-state index in [2.05, 4.69) is 17.1 Å². The second kappa shape index (κ2) is 7.12. The lowest BCUT2D eigenvalue weighted by Gasteiger charge is -2.27. The Morgan fingerprint density at radius 1 is 1.07 bits per heavy atom. The lowest BCUT2D eigenvalue weighted by molar-refractivity contribution is 0.174. The lowest BCUT2D eigenvalue weighted by Crippen LogP contribution is -2.17. The average Bonchev–Trinajstić information content (AvgIpc) is 3.24. The zero-order valence-corrected chi connectivity index (χ0v) is 16.6. The molecule has 0 saturated carbocycles. The van der Waals surface area contributed by atoms with E-state index in [1.165, 1.54) is 0 Å². The summed E-state index contributed by atoms with van der Waals surface area (Å²) < 4.78 is 17.2. The SMILES string of the molecule is CN(C)C=NC1=C(C#N)[C@H](c2ccc3c(c2)OCO3)c2ccc3ccccc3c2O1. The van der Waals surface area contributed by atoms with Crippen molar-refractivity contribution in [3.63, 3.8) is 0 Å². The predicted octanol–water partition coefficient (Wildman–Crippen LogP) is 4.42. The van der Waals surface area contributed by atoms with E-state index in [-0.39, 0.29) is 12.7 Å². The molecular weight excluding hydrogens is 378 g/mol. The van der Waals surface area contributed by atoms with Crippen LogP contribution in [0, 0.1) is 11.3 Å². The Labute approximate surface area is 174 Å². The molecule has 0 saturated heterocycles. The maximum absolute atomic E-state index is 10.1. The van der Waals surface area contributed by atoms with E-state index in [0.29, 0.717) is 23.0 Å². The molecule has 0 N–H and O–H groups in total. The number of hydrogen-bond acceptors (Lipinski definition) is 5. The van der Waals surface area contributed by atoms with Gasteiger partial charge in [-0.25, -0.2) is 4.99 Å². The molecule has 6 nitrogen and oxygen atoms in total. The van der Waals surface area contributed by atoms with E-state index in [4.69, 9.17) is 14.2 Å². The van der Waals surface area contributed by atoms with Gasteiger partial charge in [0, 0.05) is 25.0 Å². The number of benzene rings is 3. The Balaban J connectivity index is 1.75. The summed E-state index contributed by atoms with van der Waals surface area (Å²) in [5.74, 6) is 2.08. The van der Waals surface area contributed by atoms with Crippen LogP contribution in [0.25, 0.3) is 10.8 Å². The molecule has 1 atom stereocenters. The van der Waals surface area contributed by atoms with Crippen LogP contribution in [0.15, 0.2) is 71.0 Å². The van der Waals surface area contributed by atoms with E-state index >= 15 is 0 Å². The summed E-state index contributed by atoms with van der Waals surface area (Å²) in [6.07, 6.45) is 1.64. The Hall–Kier alpha value is -3.98. The first-order valence-corrected chi connectivity index (χ1v) is 9.59. The van der Waals surface area contributed by atoms with E-state index in [1.807, 2.05) is 62.6 Å². The molecule has 30 heavy (non-hydrogen) atoms. The van der Waals surface area contributed by atoms with Crippen molar-refractivity contribution in [3.8, 4) is 23.3 Å². The molecule has 3 aromatic carbocycles. The summed E-state index contributed by atoms with van der Waals surface area (Å²) in [6.45, 7) is 0.202. The monoisotopic (exact) mass is 397 g/mol. The van der Waals surface area contributed by atoms with Crippen LogP contribution in [0.2, 0.25) is 0 Å². The third kappa shape index (κ3) is 2.92. The maximum atomic E-state index is 10.1. The highest BCUT2D eigenvalue weighted by Gasteiger charge is 2.33. The predicted molar refractivity (Wildman–Crippen MR) is 114 cm³/mol. The van der Waals surface area contributed by atoms with E-state index in [9.17, 15) is 5.26 Å². The lowest BCUT2D eigenvalue weighted by atomic mass is 9.82. The number of hydrogen-bond donors (Lipinski definition) is 0. The van der Waals surface area contributed by atoms with Crippen molar-refractivity contribution < 1.29 is 14.2 Å². The summed E-state index contributed by atoms with van der Waals surface area (Å²) in [7, 11) is 3.75. The van der Waals surface area contributed by atoms with Crippen molar-refractivity contribution in [1.82, 2.24) is 4.90 Å². The number of fused-ring (bicyclic) bond motifs is 4. The number of allylic oxidation sites excluding steroid dienone is 1. The van der Waals surface area contributed by atoms with Crippen molar-refractivity contribution >= 4 is 17.1 Å². The van der Waals surface area contributed by atoms with Crippen molar-refractivity contribution in [3.05, 3.63) is 77.2 Å². The van der Waals surface area contributed by atoms with Crippen LogP contribution in [0.4, 0.5) is 0 Å². The Bertz CT molecular complexity index is 1250. The number of nitrogens with zero attached hydrogens (tertiary/aromatic N) is 3. The molecule has 0 aliphatic carbocycles. The van der Waals surface area contributed by atoms with Crippen molar-refractivity contribution in [2.75, 3.05) is 20.9 Å². The minimum atomic E-state index is -0.327. The van der Waals surface area contributed by atoms with Crippen molar-refractivity contribution in [1.29, 1.82) is 5.26 Å². The van der Waals surface area contributed by atoms with Crippen LogP contribution in [-0.4, -0.2) is 32.1 Å². The van der Waals surface area contributed by atoms with E-state index in [0.717, 1.165) is 27.6 Å². The molecule has 2 heterocycles. The molecule has 2 aliphatic heterocycles. The normalized spacial score (nSPS) is 17.0. The highest BCUT2D eigenvalue weighted by molar-refractivity contribution is 5.91. The molecule has 3 aromatic rings. The number of aliphatic imine (C=N–C) groups is 1. The van der Waals surface area contributed by atoms with Gasteiger partial charge in [0.1, 0.15) is 17.4 Å². The fourth-order valence-electron chi connectivity index (χ4n) is 3.85. The van der Waals surface area contributed by atoms with Gasteiger partial charge in [-0.1, -0.05) is 42.5 Å². The number of rotatable bonds is 3. The minimum Gasteiger partial charge on any atom is -0.454 e. The molecule has 0 aromatic heterocycles. The third-order valence-electron chi connectivity index (χ3n) is 5.20. The summed E-state index contributed by atoms with van der Waals surface area (Å²) in [5.41, 5.74) is 2.30. The highest BCUT2D eigenvalue weighted by Crippen LogP contribution is 2.48. The van der Waals surface area contributed by atoms with E-state index < -0.39 is 0 Å². The minimum absolute atomic E-state index is 0.202. The van der Waals surface area contributed by atoms with E-state index in [1.54, 1.807) is 11.2 Å². The third-order valence-corrected chi connectivity index (χ3v) is 5.20. The standard InChI is InChI=1S/C24H19N3O3/c1-27(2)13-26-24-19(12-25)22(16-8-10-20-21(11-16)29-14-28-20)18-9-7-15-5-3-4-6-17(15)23(18)30-24/h3-11,13,22H,14H2,1-2H3/t22-/m1/s1. The number of nitriles is 1. The molecule has 6 heteroatoms. The molecule has 0 fully saturated rings. The summed E-state index contributed by atoms with van der Waals surface area (Å²) in [4.78, 5) is 6.27. The molecule has 0 amide bonds. The van der Waals surface area contributed by atoms with Gasteiger partial charge in [0.2, 0.25) is 12.7 Å². The first-order valence-electron chi connectivity index (χ1n) is 9.59. The van der Waals surface area contributed by atoms with Gasteiger partial charge in [-0.05, 0) is 23.1 Å². The maximum Gasteiger partial charge on any atom is 0.235 e. The van der Waals surface area contributed by atoms with Gasteiger partial charge in [-0.15, -0.1) is 0 Å². The zero-order valence-electron chi connectivity index (χ0n) is 16.6. The first kappa shape index (κ1) is 18.1. The second-order valence-electron chi connectivity index (χ2n) is 7.39. The Morgan fingerprint density at radius 3 is 2.73 bits per heavy atom. The average molecular weight is 397 g/mol. The van der Waals surface area contributed by atoms with Crippen LogP contribution in [0.1, 0.15) is 17.0 Å². The second-order valence-corrected chi connectivity index (χ2v) is 7.39. The molecule has 2 aliphatic rings. The van der Waals surface area contributed by atoms with Gasteiger partial charge in [0.25, 0.3) is 0 Å². The summed E-state index contributed by atoms with van der Waals surface area (Å²) in [6, 6.07) is 20.2. The smallest absolute Gasteiger partial charge is 0.235 e. The molecular formula is C24H19N3O3. The fraction of sp³-hybridized carbons (Fsp3) is 0.167. The number of ether oxygens (including phenoxy) is 3. The van der Waals surface area contributed by atoms with Crippen molar-refractivity contribution in [2.24, 2.45) is 4.99 Å². The largest absolute Gasteiger partial charge is 0.454 e. The van der Waals surface area contributed by atoms with Crippen LogP contribution in [0.5, 0.6) is 17.2 Å². The quantitative estimate of drug-likeness (QED) is 0.484. The van der Waals surface area contributed by atoms with Gasteiger partial charge in [0.05, 0.1) is 12.3 Å². The molecule has 0 unspecified atom stereocenters. The molecule has 0 radical (unpaired) electrons. The van der Waals surface area contributed by atoms with Gasteiger partial charge < -0.3 is 19.1 Å². The van der Waals surface area contributed by atoms with Gasteiger partial charge >= 0.3 is 0 Å². The van der Waals surface area contributed by atoms with Gasteiger partial charge in [0.15, 0.2) is 11.5 Å². The first-order chi connectivity index (χ1) is 14.7. The molecule has 0 spiro atoms. The Morgan fingerprint density at radius 2 is 1.90 bits per heavy atom. The van der Waals surface area contributed by atoms with Crippen LogP contribution in [0.3, 0.4) is 0 Å². The fourth-order valence-corrected chi connectivity index (χ4v) is 3.85. The van der Waals surface area contributed by atoms with Crippen molar-refractivity contribution in [2.45, 2.75) is 5.92 Å². The topological polar surface area (TPSA) is 67.1 Å². The van der Waals surface area contributed by atoms with Crippen LogP contribution < -0.4 is 14.2 Å².